The van der Waals surface area contributed by atoms with E-state index >= 15 is 0 Å². The normalized spacial score (nSPS) is 24.6. The predicted molar refractivity (Wildman–Crippen MR) is 74.9 cm³/mol. The van der Waals surface area contributed by atoms with Gasteiger partial charge < -0.3 is 4.90 Å². The minimum absolute atomic E-state index is 0.139. The van der Waals surface area contributed by atoms with Gasteiger partial charge in [0.15, 0.2) is 0 Å². The fourth-order valence-electron chi connectivity index (χ4n) is 3.21. The summed E-state index contributed by atoms with van der Waals surface area (Å²) in [6.45, 7) is 0.612. The van der Waals surface area contributed by atoms with E-state index in [0.29, 0.717) is 12.5 Å². The van der Waals surface area contributed by atoms with Crippen LogP contribution in [0.1, 0.15) is 29.6 Å². The monoisotopic (exact) mass is 332 g/mol. The Bertz CT molecular complexity index is 722. The molecule has 2 fully saturated rings. The molecule has 2 bridgehead atoms. The molecule has 2 unspecified atom stereocenters. The third kappa shape index (κ3) is 2.54. The van der Waals surface area contributed by atoms with Crippen molar-refractivity contribution in [2.75, 3.05) is 6.54 Å². The Morgan fingerprint density at radius 3 is 2.62 bits per heavy atom. The van der Waals surface area contributed by atoms with Crippen molar-refractivity contribution in [1.82, 2.24) is 4.90 Å². The predicted octanol–water partition coefficient (Wildman–Crippen LogP) is 1.75. The van der Waals surface area contributed by atoms with Crippen molar-refractivity contribution in [3.63, 3.8) is 0 Å². The molecule has 1 aromatic rings. The van der Waals surface area contributed by atoms with Crippen LogP contribution in [0, 0.1) is 11.7 Å². The molecule has 1 aromatic carbocycles. The topological polar surface area (TPSA) is 80.5 Å². The number of nitrogens with zero attached hydrogens (tertiary/aromatic N) is 1. The molecule has 1 aliphatic heterocycles. The minimum atomic E-state index is -4.10. The van der Waals surface area contributed by atoms with Gasteiger partial charge in [-0.15, -0.1) is 0 Å². The van der Waals surface area contributed by atoms with Gasteiger partial charge >= 0.3 is 0 Å². The zero-order valence-electron chi connectivity index (χ0n) is 11.1. The molecule has 0 spiro atoms. The zero-order chi connectivity index (χ0) is 15.4. The van der Waals surface area contributed by atoms with Crippen LogP contribution in [0.3, 0.4) is 0 Å². The molecule has 1 aliphatic carbocycles. The van der Waals surface area contributed by atoms with Gasteiger partial charge in [-0.1, -0.05) is 11.6 Å². The van der Waals surface area contributed by atoms with Crippen LogP contribution in [0.5, 0.6) is 0 Å². The third-order valence-electron chi connectivity index (χ3n) is 4.23. The van der Waals surface area contributed by atoms with Crippen LogP contribution >= 0.6 is 11.6 Å². The van der Waals surface area contributed by atoms with Crippen LogP contribution in [0.4, 0.5) is 4.39 Å². The summed E-state index contributed by atoms with van der Waals surface area (Å²) in [4.78, 5) is 13.7. The Morgan fingerprint density at radius 2 is 2.10 bits per heavy atom. The maximum absolute atomic E-state index is 13.8. The minimum Gasteiger partial charge on any atom is -0.335 e. The van der Waals surface area contributed by atoms with Crippen molar-refractivity contribution < 1.29 is 17.6 Å². The number of hydrogen-bond acceptors (Lipinski definition) is 3. The second-order valence-corrected chi connectivity index (χ2v) is 7.54. The molecular weight excluding hydrogens is 319 g/mol. The summed E-state index contributed by atoms with van der Waals surface area (Å²) >= 11 is 5.83. The number of sulfonamides is 1. The number of carbonyl (C=O) groups is 1. The van der Waals surface area contributed by atoms with E-state index in [9.17, 15) is 17.6 Å². The molecule has 2 N–H and O–H groups in total. The highest BCUT2D eigenvalue weighted by Gasteiger charge is 2.41. The van der Waals surface area contributed by atoms with E-state index < -0.39 is 26.6 Å². The van der Waals surface area contributed by atoms with E-state index in [1.165, 1.54) is 0 Å². The number of benzene rings is 1. The zero-order valence-corrected chi connectivity index (χ0v) is 12.6. The number of hydrogen-bond donors (Lipinski definition) is 1. The first-order chi connectivity index (χ1) is 9.77. The molecule has 3 rings (SSSR count). The van der Waals surface area contributed by atoms with Gasteiger partial charge in [0.1, 0.15) is 5.82 Å². The first-order valence-electron chi connectivity index (χ1n) is 6.60. The SMILES string of the molecule is NS(=O)(=O)c1cc(F)c(Cl)c(C(=O)N2CC3CCC2C3)c1. The van der Waals surface area contributed by atoms with Gasteiger partial charge in [-0.25, -0.2) is 17.9 Å². The van der Waals surface area contributed by atoms with Crippen molar-refractivity contribution in [3.05, 3.63) is 28.5 Å². The summed E-state index contributed by atoms with van der Waals surface area (Å²) in [5.74, 6) is -0.920. The van der Waals surface area contributed by atoms with Crippen LogP contribution in [0.15, 0.2) is 17.0 Å². The number of carbonyl (C=O) groups excluding carboxylic acids is 1. The largest absolute Gasteiger partial charge is 0.335 e. The molecule has 114 valence electrons. The molecular formula is C13H14ClFN2O3S. The number of fused-ring (bicyclic) bond motifs is 2. The van der Waals surface area contributed by atoms with Crippen LogP contribution < -0.4 is 5.14 Å². The lowest BCUT2D eigenvalue weighted by atomic mass is 10.1. The maximum Gasteiger partial charge on any atom is 0.255 e. The smallest absolute Gasteiger partial charge is 0.255 e. The molecule has 0 aromatic heterocycles. The van der Waals surface area contributed by atoms with Gasteiger partial charge in [-0.3, -0.25) is 4.79 Å². The highest BCUT2D eigenvalue weighted by molar-refractivity contribution is 7.89. The quantitative estimate of drug-likeness (QED) is 0.896. The van der Waals surface area contributed by atoms with Gasteiger partial charge in [-0.2, -0.15) is 0 Å². The molecule has 1 heterocycles. The fourth-order valence-corrected chi connectivity index (χ4v) is 3.95. The Hall–Kier alpha value is -1.18. The summed E-state index contributed by atoms with van der Waals surface area (Å²) in [5, 5.41) is 4.63. The lowest BCUT2D eigenvalue weighted by Crippen LogP contribution is -2.38. The molecule has 2 atom stereocenters. The number of halogens is 2. The summed E-state index contributed by atoms with van der Waals surface area (Å²) in [5.41, 5.74) is -0.145. The average molecular weight is 333 g/mol. The first-order valence-corrected chi connectivity index (χ1v) is 8.52. The first kappa shape index (κ1) is 14.7. The van der Waals surface area contributed by atoms with E-state index in [2.05, 4.69) is 0 Å². The molecule has 0 radical (unpaired) electrons. The number of likely N-dealkylation sites (tertiary alicyclic amines) is 1. The average Bonchev–Trinajstić information content (AvgIpc) is 3.02. The Kier molecular flexibility index (Phi) is 3.46. The van der Waals surface area contributed by atoms with E-state index in [-0.39, 0.29) is 16.6 Å². The Balaban J connectivity index is 2.01. The summed E-state index contributed by atoms with van der Waals surface area (Å²) in [7, 11) is -4.10. The fraction of sp³-hybridized carbons (Fsp3) is 0.462. The van der Waals surface area contributed by atoms with E-state index in [4.69, 9.17) is 16.7 Å². The van der Waals surface area contributed by atoms with Crippen molar-refractivity contribution >= 4 is 27.5 Å². The second-order valence-electron chi connectivity index (χ2n) is 5.60. The number of rotatable bonds is 2. The lowest BCUT2D eigenvalue weighted by Gasteiger charge is -2.27. The van der Waals surface area contributed by atoms with Gasteiger partial charge in [0.2, 0.25) is 10.0 Å². The second kappa shape index (κ2) is 4.93. The van der Waals surface area contributed by atoms with E-state index in [1.54, 1.807) is 4.90 Å². The summed E-state index contributed by atoms with van der Waals surface area (Å²) < 4.78 is 36.5. The van der Waals surface area contributed by atoms with Crippen molar-refractivity contribution in [2.24, 2.45) is 11.1 Å². The van der Waals surface area contributed by atoms with Gasteiger partial charge in [-0.05, 0) is 37.3 Å². The van der Waals surface area contributed by atoms with E-state index in [0.717, 1.165) is 31.4 Å². The van der Waals surface area contributed by atoms with Crippen molar-refractivity contribution in [3.8, 4) is 0 Å². The van der Waals surface area contributed by atoms with Crippen LogP contribution in [0.25, 0.3) is 0 Å². The summed E-state index contributed by atoms with van der Waals surface area (Å²) in [6, 6.07) is 1.92. The van der Waals surface area contributed by atoms with E-state index in [1.807, 2.05) is 0 Å². The Morgan fingerprint density at radius 1 is 1.38 bits per heavy atom. The molecule has 2 aliphatic rings. The van der Waals surface area contributed by atoms with Crippen molar-refractivity contribution in [1.29, 1.82) is 0 Å². The van der Waals surface area contributed by atoms with Gasteiger partial charge in [0.25, 0.3) is 5.91 Å². The van der Waals surface area contributed by atoms with Crippen LogP contribution in [0.2, 0.25) is 5.02 Å². The van der Waals surface area contributed by atoms with Gasteiger partial charge in [0.05, 0.1) is 15.5 Å². The molecule has 21 heavy (non-hydrogen) atoms. The molecule has 5 nitrogen and oxygen atoms in total. The maximum atomic E-state index is 13.8. The van der Waals surface area contributed by atoms with Crippen LogP contribution in [-0.4, -0.2) is 31.8 Å². The van der Waals surface area contributed by atoms with Crippen molar-refractivity contribution in [2.45, 2.75) is 30.2 Å². The molecule has 8 heteroatoms. The molecule has 1 amide bonds. The third-order valence-corrected chi connectivity index (χ3v) is 5.51. The molecule has 1 saturated heterocycles. The number of nitrogens with two attached hydrogens (primary N) is 1. The standard InChI is InChI=1S/C13H14ClFN2O3S/c14-12-10(4-9(5-11(12)15)21(16,19)20)13(18)17-6-7-1-2-8(17)3-7/h4-5,7-8H,1-3,6H2,(H2,16,19,20). The number of primary sulfonamides is 1. The van der Waals surface area contributed by atoms with Gasteiger partial charge in [0, 0.05) is 12.6 Å². The number of piperidine rings is 1. The number of amides is 1. The highest BCUT2D eigenvalue weighted by atomic mass is 35.5. The van der Waals surface area contributed by atoms with Crippen LogP contribution in [-0.2, 0) is 10.0 Å². The lowest BCUT2D eigenvalue weighted by molar-refractivity contribution is 0.0703. The Labute approximate surface area is 126 Å². The molecule has 1 saturated carbocycles. The summed E-state index contributed by atoms with van der Waals surface area (Å²) in [6.07, 6.45) is 2.96. The highest BCUT2D eigenvalue weighted by Crippen LogP contribution is 2.39.